The molecule has 0 N–H and O–H groups in total. The quantitative estimate of drug-likeness (QED) is 0.197. The Hall–Kier alpha value is -6.39. The number of hydrogen-bond donors (Lipinski definition) is 0. The fourth-order valence-electron chi connectivity index (χ4n) is 6.42. The average Bonchev–Trinajstić information content (AvgIpc) is 3.53. The van der Waals surface area contributed by atoms with E-state index < -0.39 is 0 Å². The maximum Gasteiger partial charge on any atom is 0.164 e. The van der Waals surface area contributed by atoms with Gasteiger partial charge in [-0.3, -0.25) is 0 Å². The molecule has 0 saturated carbocycles. The van der Waals surface area contributed by atoms with Crippen LogP contribution in [0.3, 0.4) is 0 Å². The van der Waals surface area contributed by atoms with Gasteiger partial charge in [-0.25, -0.2) is 15.0 Å². The van der Waals surface area contributed by atoms with E-state index in [0.29, 0.717) is 17.5 Å². The molecule has 47 heavy (non-hydrogen) atoms. The van der Waals surface area contributed by atoms with E-state index >= 15 is 0 Å². The van der Waals surface area contributed by atoms with Gasteiger partial charge in [-0.1, -0.05) is 146 Å². The summed E-state index contributed by atoms with van der Waals surface area (Å²) in [6.45, 7) is 0. The molecule has 0 aliphatic rings. The highest BCUT2D eigenvalue weighted by atomic mass is 16.3. The molecule has 0 amide bonds. The fraction of sp³-hybridized carbons (Fsp3) is 0. The maximum absolute atomic E-state index is 6.64. The minimum atomic E-state index is 0.607. The van der Waals surface area contributed by atoms with Gasteiger partial charge in [0.05, 0.1) is 0 Å². The van der Waals surface area contributed by atoms with E-state index in [9.17, 15) is 0 Å². The monoisotopic (exact) mass is 601 g/mol. The number of nitrogens with zero attached hydrogens (tertiary/aromatic N) is 3. The van der Waals surface area contributed by atoms with Gasteiger partial charge in [0, 0.05) is 27.5 Å². The average molecular weight is 602 g/mol. The molecule has 4 nitrogen and oxygen atoms in total. The zero-order valence-electron chi connectivity index (χ0n) is 25.3. The minimum Gasteiger partial charge on any atom is -0.456 e. The summed E-state index contributed by atoms with van der Waals surface area (Å²) in [5, 5.41) is 4.33. The largest absolute Gasteiger partial charge is 0.456 e. The number of furan rings is 1. The Morgan fingerprint density at radius 1 is 0.319 bits per heavy atom. The third-order valence-electron chi connectivity index (χ3n) is 8.74. The molecule has 0 spiro atoms. The van der Waals surface area contributed by atoms with Crippen LogP contribution >= 0.6 is 0 Å². The number of hydrogen-bond acceptors (Lipinski definition) is 4. The Bertz CT molecular complexity index is 2480. The molecule has 0 aliphatic carbocycles. The molecule has 7 aromatic carbocycles. The molecule has 0 saturated heterocycles. The van der Waals surface area contributed by atoms with Crippen LogP contribution in [-0.4, -0.2) is 15.0 Å². The first kappa shape index (κ1) is 27.0. The summed E-state index contributed by atoms with van der Waals surface area (Å²) in [7, 11) is 0. The van der Waals surface area contributed by atoms with E-state index in [1.165, 1.54) is 11.1 Å². The molecule has 0 aliphatic heterocycles. The van der Waals surface area contributed by atoms with Gasteiger partial charge in [0.1, 0.15) is 11.2 Å². The van der Waals surface area contributed by atoms with Crippen LogP contribution in [0.2, 0.25) is 0 Å². The smallest absolute Gasteiger partial charge is 0.164 e. The third kappa shape index (κ3) is 4.84. The molecule has 0 unspecified atom stereocenters. The summed E-state index contributed by atoms with van der Waals surface area (Å²) in [5.74, 6) is 1.87. The normalized spacial score (nSPS) is 11.4. The van der Waals surface area contributed by atoms with Crippen molar-refractivity contribution in [1.82, 2.24) is 15.0 Å². The van der Waals surface area contributed by atoms with Crippen molar-refractivity contribution < 1.29 is 4.42 Å². The molecule has 0 bridgehead atoms. The number of benzene rings is 7. The Balaban J connectivity index is 1.21. The van der Waals surface area contributed by atoms with Crippen LogP contribution < -0.4 is 0 Å². The van der Waals surface area contributed by atoms with Gasteiger partial charge in [-0.15, -0.1) is 0 Å². The van der Waals surface area contributed by atoms with Gasteiger partial charge in [0.25, 0.3) is 0 Å². The van der Waals surface area contributed by atoms with Crippen molar-refractivity contribution in [2.24, 2.45) is 0 Å². The highest BCUT2D eigenvalue weighted by Gasteiger charge is 2.19. The third-order valence-corrected chi connectivity index (χ3v) is 8.74. The van der Waals surface area contributed by atoms with Crippen LogP contribution in [0.4, 0.5) is 0 Å². The second kappa shape index (κ2) is 11.2. The van der Waals surface area contributed by atoms with Crippen molar-refractivity contribution in [2.75, 3.05) is 0 Å². The molecule has 2 heterocycles. The molecular formula is C43H27N3O. The Morgan fingerprint density at radius 3 is 1.40 bits per heavy atom. The number of aromatic nitrogens is 3. The van der Waals surface area contributed by atoms with Crippen LogP contribution in [0.25, 0.3) is 89.1 Å². The summed E-state index contributed by atoms with van der Waals surface area (Å²) in [6.07, 6.45) is 0. The molecule has 0 atom stereocenters. The highest BCUT2D eigenvalue weighted by molar-refractivity contribution is 6.22. The van der Waals surface area contributed by atoms with Crippen molar-refractivity contribution in [2.45, 2.75) is 0 Å². The predicted octanol–water partition coefficient (Wildman–Crippen LogP) is 11.3. The van der Waals surface area contributed by atoms with Crippen molar-refractivity contribution in [3.05, 3.63) is 164 Å². The number of fused-ring (bicyclic) bond motifs is 5. The lowest BCUT2D eigenvalue weighted by Crippen LogP contribution is -2.00. The fourth-order valence-corrected chi connectivity index (χ4v) is 6.42. The van der Waals surface area contributed by atoms with Gasteiger partial charge < -0.3 is 4.42 Å². The van der Waals surface area contributed by atoms with E-state index in [2.05, 4.69) is 97.1 Å². The second-order valence-electron chi connectivity index (χ2n) is 11.6. The SMILES string of the molecule is c1ccc(-c2ccc(-c3ccc4c(c3)oc3cc(-c5nc(-c6ccccc6)nc(-c6ccccc6)n5)c5ccccc5c34)cc2)cc1. The molecule has 0 radical (unpaired) electrons. The molecule has 9 rings (SSSR count). The number of rotatable bonds is 5. The van der Waals surface area contributed by atoms with Crippen LogP contribution in [-0.2, 0) is 0 Å². The minimum absolute atomic E-state index is 0.607. The van der Waals surface area contributed by atoms with E-state index in [1.807, 2.05) is 66.7 Å². The highest BCUT2D eigenvalue weighted by Crippen LogP contribution is 2.41. The van der Waals surface area contributed by atoms with Crippen molar-refractivity contribution in [3.63, 3.8) is 0 Å². The molecule has 2 aromatic heterocycles. The topological polar surface area (TPSA) is 51.8 Å². The van der Waals surface area contributed by atoms with Crippen molar-refractivity contribution in [1.29, 1.82) is 0 Å². The molecule has 4 heteroatoms. The molecule has 9 aromatic rings. The van der Waals surface area contributed by atoms with Gasteiger partial charge in [-0.05, 0) is 51.2 Å². The summed E-state index contributed by atoms with van der Waals surface area (Å²) in [4.78, 5) is 15.0. The summed E-state index contributed by atoms with van der Waals surface area (Å²) in [6, 6.07) is 56.3. The summed E-state index contributed by atoms with van der Waals surface area (Å²) >= 11 is 0. The molecule has 0 fully saturated rings. The van der Waals surface area contributed by atoms with Crippen LogP contribution in [0.5, 0.6) is 0 Å². The Kier molecular flexibility index (Phi) is 6.43. The lowest BCUT2D eigenvalue weighted by atomic mass is 9.97. The van der Waals surface area contributed by atoms with Crippen LogP contribution in [0.1, 0.15) is 0 Å². The molecular weight excluding hydrogens is 574 g/mol. The first-order valence-corrected chi connectivity index (χ1v) is 15.7. The predicted molar refractivity (Wildman–Crippen MR) is 192 cm³/mol. The summed E-state index contributed by atoms with van der Waals surface area (Å²) < 4.78 is 6.64. The van der Waals surface area contributed by atoms with Gasteiger partial charge in [0.2, 0.25) is 0 Å². The van der Waals surface area contributed by atoms with Crippen molar-refractivity contribution in [3.8, 4) is 56.4 Å². The maximum atomic E-state index is 6.64. The lowest BCUT2D eigenvalue weighted by molar-refractivity contribution is 0.669. The van der Waals surface area contributed by atoms with Gasteiger partial charge in [0.15, 0.2) is 17.5 Å². The van der Waals surface area contributed by atoms with Gasteiger partial charge >= 0.3 is 0 Å². The molecule has 220 valence electrons. The van der Waals surface area contributed by atoms with E-state index in [-0.39, 0.29) is 0 Å². The Morgan fingerprint density at radius 2 is 0.787 bits per heavy atom. The van der Waals surface area contributed by atoms with E-state index in [4.69, 9.17) is 19.4 Å². The zero-order valence-corrected chi connectivity index (χ0v) is 25.3. The van der Waals surface area contributed by atoms with Crippen molar-refractivity contribution >= 4 is 32.7 Å². The standard InChI is InChI=1S/C43H27N3O/c1-4-12-28(13-5-1)29-20-22-30(23-21-29)33-24-25-36-38(26-33)47-39-27-37(34-18-10-11-19-35(34)40(36)39)43-45-41(31-14-6-2-7-15-31)44-42(46-43)32-16-8-3-9-17-32/h1-27H. The zero-order chi connectivity index (χ0) is 31.2. The Labute approximate surface area is 271 Å². The lowest BCUT2D eigenvalue weighted by Gasteiger charge is -2.11. The first-order valence-electron chi connectivity index (χ1n) is 15.7. The van der Waals surface area contributed by atoms with Gasteiger partial charge in [-0.2, -0.15) is 0 Å². The van der Waals surface area contributed by atoms with Crippen LogP contribution in [0, 0.1) is 0 Å². The second-order valence-corrected chi connectivity index (χ2v) is 11.6. The summed E-state index contributed by atoms with van der Waals surface area (Å²) in [5.41, 5.74) is 9.08. The first-order chi connectivity index (χ1) is 23.3. The van der Waals surface area contributed by atoms with E-state index in [0.717, 1.165) is 60.5 Å². The van der Waals surface area contributed by atoms with E-state index in [1.54, 1.807) is 0 Å². The van der Waals surface area contributed by atoms with Crippen LogP contribution in [0.15, 0.2) is 168 Å².